The zero-order valence-electron chi connectivity index (χ0n) is 8.03. The van der Waals surface area contributed by atoms with E-state index in [-0.39, 0.29) is 5.82 Å². The first kappa shape index (κ1) is 8.87. The average Bonchev–Trinajstić information content (AvgIpc) is 2.44. The van der Waals surface area contributed by atoms with Gasteiger partial charge in [0, 0.05) is 25.7 Å². The number of hydrogen-bond acceptors (Lipinski definition) is 2. The molecule has 0 aliphatic carbocycles. The lowest BCUT2D eigenvalue weighted by atomic mass is 10.2. The molecule has 0 fully saturated rings. The monoisotopic (exact) mass is 191 g/mol. The van der Waals surface area contributed by atoms with Crippen molar-refractivity contribution in [3.8, 4) is 0 Å². The minimum absolute atomic E-state index is 0.253. The molecule has 0 bridgehead atoms. The maximum Gasteiger partial charge on any atom is 0.124 e. The summed E-state index contributed by atoms with van der Waals surface area (Å²) in [4.78, 5) is 3.88. The van der Waals surface area contributed by atoms with Crippen molar-refractivity contribution < 1.29 is 4.39 Å². The van der Waals surface area contributed by atoms with Crippen molar-refractivity contribution in [1.82, 2.24) is 9.78 Å². The molecule has 0 aliphatic heterocycles. The van der Waals surface area contributed by atoms with Gasteiger partial charge < -0.3 is 0 Å². The van der Waals surface area contributed by atoms with Crippen LogP contribution in [0.2, 0.25) is 0 Å². The average molecular weight is 191 g/mol. The summed E-state index contributed by atoms with van der Waals surface area (Å²) < 4.78 is 14.7. The summed E-state index contributed by atoms with van der Waals surface area (Å²) in [6.07, 6.45) is 1.63. The van der Waals surface area contributed by atoms with Crippen LogP contribution in [0.5, 0.6) is 0 Å². The smallest absolute Gasteiger partial charge is 0.124 e. The van der Waals surface area contributed by atoms with E-state index in [1.165, 1.54) is 12.1 Å². The van der Waals surface area contributed by atoms with Gasteiger partial charge in [-0.05, 0) is 18.2 Å². The van der Waals surface area contributed by atoms with E-state index in [9.17, 15) is 4.39 Å². The predicted molar refractivity (Wildman–Crippen MR) is 54.2 cm³/mol. The summed E-state index contributed by atoms with van der Waals surface area (Å²) in [6, 6.07) is 4.61. The number of hydrogen-bond donors (Lipinski definition) is 0. The maximum atomic E-state index is 13.0. The van der Waals surface area contributed by atoms with E-state index >= 15 is 0 Å². The number of aromatic nitrogens is 2. The van der Waals surface area contributed by atoms with Crippen LogP contribution < -0.4 is 0 Å². The number of nitrogens with zero attached hydrogens (tertiary/aromatic N) is 3. The van der Waals surface area contributed by atoms with E-state index in [1.807, 2.05) is 7.05 Å². The van der Waals surface area contributed by atoms with Crippen LogP contribution in [0.3, 0.4) is 0 Å². The molecular formula is C10H10FN3. The number of halogens is 1. The number of benzene rings is 1. The first-order chi connectivity index (χ1) is 6.72. The Balaban J connectivity index is 2.78. The van der Waals surface area contributed by atoms with Gasteiger partial charge in [0.1, 0.15) is 11.5 Å². The van der Waals surface area contributed by atoms with Gasteiger partial charge in [-0.2, -0.15) is 5.10 Å². The molecule has 4 heteroatoms. The molecule has 14 heavy (non-hydrogen) atoms. The van der Waals surface area contributed by atoms with Gasteiger partial charge in [0.05, 0.1) is 5.52 Å². The van der Waals surface area contributed by atoms with Gasteiger partial charge in [-0.25, -0.2) is 4.39 Å². The zero-order valence-corrected chi connectivity index (χ0v) is 8.03. The van der Waals surface area contributed by atoms with Crippen molar-refractivity contribution in [2.24, 2.45) is 12.0 Å². The van der Waals surface area contributed by atoms with Crippen molar-refractivity contribution in [2.75, 3.05) is 7.05 Å². The molecular weight excluding hydrogens is 181 g/mol. The standard InChI is InChI=1S/C10H10FN3/c1-12-6-9-8-5-7(11)3-4-10(8)14(2)13-9/h3-6H,1-2H3/b12-6+. The van der Waals surface area contributed by atoms with E-state index in [0.717, 1.165) is 10.9 Å². The van der Waals surface area contributed by atoms with Crippen LogP contribution >= 0.6 is 0 Å². The highest BCUT2D eigenvalue weighted by Crippen LogP contribution is 2.17. The summed E-state index contributed by atoms with van der Waals surface area (Å²) in [5.41, 5.74) is 1.60. The Hall–Kier alpha value is -1.71. The lowest BCUT2D eigenvalue weighted by molar-refractivity contribution is 0.629. The second-order valence-corrected chi connectivity index (χ2v) is 3.06. The van der Waals surface area contributed by atoms with Crippen molar-refractivity contribution >= 4 is 17.1 Å². The second kappa shape index (κ2) is 3.21. The fraction of sp³-hybridized carbons (Fsp3) is 0.200. The summed E-state index contributed by atoms with van der Waals surface area (Å²) in [5, 5.41) is 5.01. The molecule has 72 valence electrons. The van der Waals surface area contributed by atoms with Gasteiger partial charge in [-0.15, -0.1) is 0 Å². The highest BCUT2D eigenvalue weighted by atomic mass is 19.1. The summed E-state index contributed by atoms with van der Waals surface area (Å²) in [7, 11) is 3.49. The van der Waals surface area contributed by atoms with Gasteiger partial charge in [0.2, 0.25) is 0 Å². The molecule has 3 nitrogen and oxygen atoms in total. The van der Waals surface area contributed by atoms with Crippen molar-refractivity contribution in [2.45, 2.75) is 0 Å². The Kier molecular flexibility index (Phi) is 2.04. The van der Waals surface area contributed by atoms with Crippen LogP contribution in [-0.2, 0) is 7.05 Å². The summed E-state index contributed by atoms with van der Waals surface area (Å²) in [5.74, 6) is -0.253. The van der Waals surface area contributed by atoms with E-state index in [0.29, 0.717) is 5.69 Å². The molecule has 0 N–H and O–H groups in total. The molecule has 0 amide bonds. The fourth-order valence-electron chi connectivity index (χ4n) is 1.48. The molecule has 0 spiro atoms. The molecule has 0 aliphatic rings. The normalized spacial score (nSPS) is 11.6. The Bertz CT molecular complexity index is 499. The van der Waals surface area contributed by atoms with Crippen molar-refractivity contribution in [1.29, 1.82) is 0 Å². The number of aryl methyl sites for hydroxylation is 1. The molecule has 0 radical (unpaired) electrons. The highest BCUT2D eigenvalue weighted by molar-refractivity contribution is 5.96. The second-order valence-electron chi connectivity index (χ2n) is 3.06. The van der Waals surface area contributed by atoms with Crippen LogP contribution in [0, 0.1) is 5.82 Å². The number of rotatable bonds is 1. The predicted octanol–water partition coefficient (Wildman–Crippen LogP) is 1.76. The van der Waals surface area contributed by atoms with E-state index in [4.69, 9.17) is 0 Å². The van der Waals surface area contributed by atoms with Crippen LogP contribution in [0.4, 0.5) is 4.39 Å². The molecule has 0 saturated heterocycles. The van der Waals surface area contributed by atoms with E-state index in [2.05, 4.69) is 10.1 Å². The first-order valence-corrected chi connectivity index (χ1v) is 4.27. The molecule has 2 aromatic rings. The molecule has 1 aromatic carbocycles. The largest absolute Gasteiger partial charge is 0.294 e. The van der Waals surface area contributed by atoms with Gasteiger partial charge in [-0.3, -0.25) is 9.67 Å². The van der Waals surface area contributed by atoms with Gasteiger partial charge in [0.15, 0.2) is 0 Å². The van der Waals surface area contributed by atoms with Crippen LogP contribution in [-0.4, -0.2) is 23.0 Å². The Labute approximate surface area is 80.9 Å². The third-order valence-corrected chi connectivity index (χ3v) is 2.09. The zero-order chi connectivity index (χ0) is 10.1. The van der Waals surface area contributed by atoms with Crippen LogP contribution in [0.1, 0.15) is 5.69 Å². The Morgan fingerprint density at radius 3 is 3.00 bits per heavy atom. The Morgan fingerprint density at radius 2 is 2.29 bits per heavy atom. The highest BCUT2D eigenvalue weighted by Gasteiger charge is 2.06. The molecule has 0 saturated carbocycles. The molecule has 0 atom stereocenters. The maximum absolute atomic E-state index is 13.0. The molecule has 1 aromatic heterocycles. The topological polar surface area (TPSA) is 30.2 Å². The van der Waals surface area contributed by atoms with Gasteiger partial charge in [0.25, 0.3) is 0 Å². The van der Waals surface area contributed by atoms with E-state index in [1.54, 1.807) is 24.0 Å². The SMILES string of the molecule is C/N=C/c1nn(C)c2ccc(F)cc12. The van der Waals surface area contributed by atoms with Crippen LogP contribution in [0.15, 0.2) is 23.2 Å². The third-order valence-electron chi connectivity index (χ3n) is 2.09. The number of fused-ring (bicyclic) bond motifs is 1. The van der Waals surface area contributed by atoms with Crippen molar-refractivity contribution in [3.05, 3.63) is 29.7 Å². The van der Waals surface area contributed by atoms with Gasteiger partial charge in [-0.1, -0.05) is 0 Å². The lowest BCUT2D eigenvalue weighted by Gasteiger charge is -1.92. The fourth-order valence-corrected chi connectivity index (χ4v) is 1.48. The van der Waals surface area contributed by atoms with Gasteiger partial charge >= 0.3 is 0 Å². The molecule has 2 rings (SSSR count). The molecule has 0 unspecified atom stereocenters. The van der Waals surface area contributed by atoms with Crippen molar-refractivity contribution in [3.63, 3.8) is 0 Å². The number of aliphatic imine (C=N–C) groups is 1. The quantitative estimate of drug-likeness (QED) is 0.632. The summed E-state index contributed by atoms with van der Waals surface area (Å²) >= 11 is 0. The third kappa shape index (κ3) is 1.28. The first-order valence-electron chi connectivity index (χ1n) is 4.27. The minimum atomic E-state index is -0.253. The summed E-state index contributed by atoms with van der Waals surface area (Å²) in [6.45, 7) is 0. The molecule has 1 heterocycles. The van der Waals surface area contributed by atoms with E-state index < -0.39 is 0 Å². The minimum Gasteiger partial charge on any atom is -0.294 e. The van der Waals surface area contributed by atoms with Crippen LogP contribution in [0.25, 0.3) is 10.9 Å². The lowest BCUT2D eigenvalue weighted by Crippen LogP contribution is -1.90. The Morgan fingerprint density at radius 1 is 1.50 bits per heavy atom.